The fourth-order valence-electron chi connectivity index (χ4n) is 3.03. The van der Waals surface area contributed by atoms with Crippen molar-refractivity contribution >= 4 is 11.6 Å². The number of carbonyl (C=O) groups is 1. The topological polar surface area (TPSA) is 59.2 Å². The van der Waals surface area contributed by atoms with Crippen LogP contribution in [0.5, 0.6) is 0 Å². The summed E-state index contributed by atoms with van der Waals surface area (Å²) in [5.41, 5.74) is 9.13. The average Bonchev–Trinajstić information content (AvgIpc) is 2.97. The van der Waals surface area contributed by atoms with Crippen molar-refractivity contribution in [3.05, 3.63) is 59.4 Å². The summed E-state index contributed by atoms with van der Waals surface area (Å²) in [4.78, 5) is 18.8. The first-order valence-electron chi connectivity index (χ1n) is 7.25. The highest BCUT2D eigenvalue weighted by atomic mass is 16.2. The van der Waals surface area contributed by atoms with Crippen molar-refractivity contribution in [2.24, 2.45) is 0 Å². The van der Waals surface area contributed by atoms with Gasteiger partial charge in [-0.05, 0) is 43.0 Å². The molecule has 2 N–H and O–H groups in total. The van der Waals surface area contributed by atoms with Crippen LogP contribution in [0, 0.1) is 6.92 Å². The Morgan fingerprint density at radius 3 is 2.86 bits per heavy atom. The van der Waals surface area contributed by atoms with Gasteiger partial charge in [-0.2, -0.15) is 0 Å². The zero-order valence-corrected chi connectivity index (χ0v) is 12.1. The molecule has 0 spiro atoms. The van der Waals surface area contributed by atoms with Crippen molar-refractivity contribution in [2.75, 3.05) is 12.3 Å². The number of nitrogens with zero attached hydrogens (tertiary/aromatic N) is 2. The zero-order valence-electron chi connectivity index (χ0n) is 12.1. The average molecular weight is 281 g/mol. The first-order valence-corrected chi connectivity index (χ1v) is 7.25. The Balaban J connectivity index is 1.93. The summed E-state index contributed by atoms with van der Waals surface area (Å²) in [6.07, 6.45) is 3.61. The summed E-state index contributed by atoms with van der Waals surface area (Å²) in [6.45, 7) is 2.85. The maximum Gasteiger partial charge on any atom is 0.275 e. The van der Waals surface area contributed by atoms with Gasteiger partial charge >= 0.3 is 0 Å². The third kappa shape index (κ3) is 2.49. The van der Waals surface area contributed by atoms with Crippen LogP contribution in [0.3, 0.4) is 0 Å². The molecule has 2 aromatic rings. The lowest BCUT2D eigenvalue weighted by Crippen LogP contribution is -2.32. The van der Waals surface area contributed by atoms with Gasteiger partial charge < -0.3 is 10.6 Å². The summed E-state index contributed by atoms with van der Waals surface area (Å²) in [7, 11) is 0. The van der Waals surface area contributed by atoms with E-state index in [1.54, 1.807) is 18.3 Å². The second kappa shape index (κ2) is 5.56. The van der Waals surface area contributed by atoms with Crippen molar-refractivity contribution in [3.63, 3.8) is 0 Å². The van der Waals surface area contributed by atoms with E-state index in [2.05, 4.69) is 24.0 Å². The van der Waals surface area contributed by atoms with Crippen LogP contribution in [-0.4, -0.2) is 22.3 Å². The fraction of sp³-hybridized carbons (Fsp3) is 0.294. The van der Waals surface area contributed by atoms with E-state index in [0.29, 0.717) is 11.4 Å². The first kappa shape index (κ1) is 13.6. The largest absolute Gasteiger partial charge is 0.397 e. The van der Waals surface area contributed by atoms with Crippen LogP contribution in [0.25, 0.3) is 0 Å². The molecule has 1 unspecified atom stereocenters. The van der Waals surface area contributed by atoms with Gasteiger partial charge in [-0.15, -0.1) is 0 Å². The fourth-order valence-corrected chi connectivity index (χ4v) is 3.03. The molecule has 4 heteroatoms. The quantitative estimate of drug-likeness (QED) is 0.920. The summed E-state index contributed by atoms with van der Waals surface area (Å²) in [5, 5.41) is 0. The van der Waals surface area contributed by atoms with Crippen molar-refractivity contribution in [1.82, 2.24) is 9.88 Å². The number of hydrogen-bond acceptors (Lipinski definition) is 3. The number of nitrogens with two attached hydrogens (primary N) is 1. The van der Waals surface area contributed by atoms with E-state index >= 15 is 0 Å². The molecule has 0 aliphatic carbocycles. The number of rotatable bonds is 2. The van der Waals surface area contributed by atoms with E-state index < -0.39 is 0 Å². The molecule has 0 saturated carbocycles. The van der Waals surface area contributed by atoms with Crippen molar-refractivity contribution in [3.8, 4) is 0 Å². The highest BCUT2D eigenvalue weighted by Gasteiger charge is 2.32. The summed E-state index contributed by atoms with van der Waals surface area (Å²) in [5.74, 6) is -0.0705. The molecule has 1 saturated heterocycles. The smallest absolute Gasteiger partial charge is 0.275 e. The summed E-state index contributed by atoms with van der Waals surface area (Å²) in [6, 6.07) is 11.8. The van der Waals surface area contributed by atoms with Crippen molar-refractivity contribution in [2.45, 2.75) is 25.8 Å². The number of aromatic nitrogens is 1. The standard InChI is InChI=1S/C17H19N3O/c1-12-6-2-3-7-13(12)15-9-5-11-20(15)17(21)16-14(18)8-4-10-19-16/h2-4,6-8,10,15H,5,9,11,18H2,1H3. The van der Waals surface area contributed by atoms with Crippen LogP contribution in [0.15, 0.2) is 42.6 Å². The Bertz CT molecular complexity index is 669. The number of anilines is 1. The highest BCUT2D eigenvalue weighted by Crippen LogP contribution is 2.34. The van der Waals surface area contributed by atoms with Gasteiger partial charge in [0.25, 0.3) is 5.91 Å². The Hall–Kier alpha value is -2.36. The maximum atomic E-state index is 12.7. The zero-order chi connectivity index (χ0) is 14.8. The Labute approximate surface area is 124 Å². The van der Waals surface area contributed by atoms with E-state index in [1.165, 1.54) is 11.1 Å². The molecule has 1 fully saturated rings. The third-order valence-electron chi connectivity index (χ3n) is 4.10. The van der Waals surface area contributed by atoms with Crippen LogP contribution in [-0.2, 0) is 0 Å². The van der Waals surface area contributed by atoms with Gasteiger partial charge in [0.05, 0.1) is 11.7 Å². The number of amides is 1. The molecule has 0 bridgehead atoms. The molecule has 3 rings (SSSR count). The lowest BCUT2D eigenvalue weighted by Gasteiger charge is -2.26. The SMILES string of the molecule is Cc1ccccc1C1CCCN1C(=O)c1ncccc1N. The second-order valence-corrected chi connectivity index (χ2v) is 5.45. The summed E-state index contributed by atoms with van der Waals surface area (Å²) < 4.78 is 0. The third-order valence-corrected chi connectivity index (χ3v) is 4.10. The van der Waals surface area contributed by atoms with E-state index in [9.17, 15) is 4.79 Å². The minimum atomic E-state index is -0.0705. The molecule has 1 atom stereocenters. The van der Waals surface area contributed by atoms with Crippen molar-refractivity contribution in [1.29, 1.82) is 0 Å². The van der Waals surface area contributed by atoms with Crippen LogP contribution in [0.4, 0.5) is 5.69 Å². The molecule has 1 aliphatic rings. The Morgan fingerprint density at radius 2 is 2.10 bits per heavy atom. The molecule has 21 heavy (non-hydrogen) atoms. The first-order chi connectivity index (χ1) is 10.2. The maximum absolute atomic E-state index is 12.7. The molecular weight excluding hydrogens is 262 g/mol. The minimum Gasteiger partial charge on any atom is -0.397 e. The lowest BCUT2D eigenvalue weighted by molar-refractivity contribution is 0.0730. The number of aryl methyl sites for hydroxylation is 1. The van der Waals surface area contributed by atoms with E-state index in [0.717, 1.165) is 19.4 Å². The molecule has 1 amide bonds. The Morgan fingerprint density at radius 1 is 1.29 bits per heavy atom. The number of pyridine rings is 1. The predicted molar refractivity (Wildman–Crippen MR) is 82.8 cm³/mol. The molecule has 1 aromatic carbocycles. The van der Waals surface area contributed by atoms with Gasteiger partial charge in [0.1, 0.15) is 0 Å². The second-order valence-electron chi connectivity index (χ2n) is 5.45. The normalized spacial score (nSPS) is 18.0. The van der Waals surface area contributed by atoms with E-state index in [4.69, 9.17) is 5.73 Å². The van der Waals surface area contributed by atoms with Gasteiger partial charge in [0.15, 0.2) is 5.69 Å². The van der Waals surface area contributed by atoms with E-state index in [1.807, 2.05) is 17.0 Å². The number of nitrogen functional groups attached to an aromatic ring is 1. The van der Waals surface area contributed by atoms with Crippen LogP contribution >= 0.6 is 0 Å². The van der Waals surface area contributed by atoms with Gasteiger partial charge in [0, 0.05) is 12.7 Å². The molecule has 1 aliphatic heterocycles. The van der Waals surface area contributed by atoms with E-state index in [-0.39, 0.29) is 11.9 Å². The van der Waals surface area contributed by atoms with Crippen molar-refractivity contribution < 1.29 is 4.79 Å². The minimum absolute atomic E-state index is 0.0705. The number of carbonyl (C=O) groups excluding carboxylic acids is 1. The van der Waals surface area contributed by atoms with Gasteiger partial charge in [-0.1, -0.05) is 24.3 Å². The van der Waals surface area contributed by atoms with Crippen LogP contribution in [0.1, 0.15) is 40.5 Å². The molecular formula is C17H19N3O. The van der Waals surface area contributed by atoms with Crippen LogP contribution < -0.4 is 5.73 Å². The number of benzene rings is 1. The monoisotopic (exact) mass is 281 g/mol. The van der Waals surface area contributed by atoms with Gasteiger partial charge in [-0.25, -0.2) is 4.98 Å². The molecule has 4 nitrogen and oxygen atoms in total. The number of likely N-dealkylation sites (tertiary alicyclic amines) is 1. The highest BCUT2D eigenvalue weighted by molar-refractivity contribution is 5.97. The summed E-state index contributed by atoms with van der Waals surface area (Å²) >= 11 is 0. The predicted octanol–water partition coefficient (Wildman–Crippen LogP) is 2.95. The molecule has 108 valence electrons. The molecule has 0 radical (unpaired) electrons. The van der Waals surface area contributed by atoms with Gasteiger partial charge in [0.2, 0.25) is 0 Å². The Kier molecular flexibility index (Phi) is 3.60. The molecule has 2 heterocycles. The van der Waals surface area contributed by atoms with Gasteiger partial charge in [-0.3, -0.25) is 4.79 Å². The van der Waals surface area contributed by atoms with Crippen LogP contribution in [0.2, 0.25) is 0 Å². The lowest BCUT2D eigenvalue weighted by atomic mass is 9.99. The molecule has 1 aromatic heterocycles. The number of hydrogen-bond donors (Lipinski definition) is 1.